The number of fused-ring (bicyclic) bond motifs is 2. The van der Waals surface area contributed by atoms with Crippen molar-refractivity contribution in [1.82, 2.24) is 14.5 Å². The van der Waals surface area contributed by atoms with Crippen molar-refractivity contribution in [3.8, 4) is 0 Å². The number of carbonyl (C=O) groups excluding carboxylic acids is 1. The maximum atomic E-state index is 13.0. The lowest BCUT2D eigenvalue weighted by Crippen LogP contribution is -2.41. The lowest BCUT2D eigenvalue weighted by molar-refractivity contribution is 0.0618. The minimum Gasteiger partial charge on any atom is -0.348 e. The maximum Gasteiger partial charge on any atom is 0.254 e. The van der Waals surface area contributed by atoms with Gasteiger partial charge in [-0.25, -0.2) is 4.98 Å². The predicted molar refractivity (Wildman–Crippen MR) is 88.1 cm³/mol. The molecule has 1 aromatic carbocycles. The van der Waals surface area contributed by atoms with Gasteiger partial charge in [0.1, 0.15) is 0 Å². The standard InChI is InChI=1S/C17H17N3OS/c1-2-14-15-4-3-7-19(15)8-9-20(14)17(21)12-5-6-13-16(10-12)22-11-18-13/h3-7,10-11,14H,2,8-9H2,1H3/t14-/m0/s1. The highest BCUT2D eigenvalue weighted by molar-refractivity contribution is 7.16. The molecule has 0 aliphatic carbocycles. The van der Waals surface area contributed by atoms with Crippen molar-refractivity contribution in [2.45, 2.75) is 25.9 Å². The average molecular weight is 311 g/mol. The molecule has 4 nitrogen and oxygen atoms in total. The van der Waals surface area contributed by atoms with E-state index in [0.717, 1.165) is 35.3 Å². The molecule has 112 valence electrons. The van der Waals surface area contributed by atoms with E-state index in [1.54, 1.807) is 11.3 Å². The van der Waals surface area contributed by atoms with Gasteiger partial charge >= 0.3 is 0 Å². The summed E-state index contributed by atoms with van der Waals surface area (Å²) in [5.41, 5.74) is 4.78. The summed E-state index contributed by atoms with van der Waals surface area (Å²) < 4.78 is 3.32. The second-order valence-corrected chi connectivity index (χ2v) is 6.47. The highest BCUT2D eigenvalue weighted by Gasteiger charge is 2.30. The zero-order valence-corrected chi connectivity index (χ0v) is 13.2. The third kappa shape index (κ3) is 2.04. The molecule has 2 aromatic heterocycles. The molecule has 1 amide bonds. The zero-order chi connectivity index (χ0) is 15.1. The molecule has 1 aliphatic heterocycles. The van der Waals surface area contributed by atoms with Gasteiger partial charge in [-0.05, 0) is 36.8 Å². The van der Waals surface area contributed by atoms with E-state index in [0.29, 0.717) is 0 Å². The Bertz CT molecular complexity index is 835. The summed E-state index contributed by atoms with van der Waals surface area (Å²) in [6, 6.07) is 10.1. The molecule has 0 bridgehead atoms. The van der Waals surface area contributed by atoms with Crippen molar-refractivity contribution in [2.75, 3.05) is 6.54 Å². The van der Waals surface area contributed by atoms with Gasteiger partial charge in [-0.2, -0.15) is 0 Å². The Kier molecular flexibility index (Phi) is 3.22. The zero-order valence-electron chi connectivity index (χ0n) is 12.4. The number of hydrogen-bond acceptors (Lipinski definition) is 3. The van der Waals surface area contributed by atoms with Gasteiger partial charge in [-0.3, -0.25) is 4.79 Å². The first-order valence-electron chi connectivity index (χ1n) is 7.57. The molecule has 4 rings (SSSR count). The van der Waals surface area contributed by atoms with Crippen LogP contribution in [0, 0.1) is 0 Å². The normalized spacial score (nSPS) is 17.7. The lowest BCUT2D eigenvalue weighted by atomic mass is 10.0. The SMILES string of the molecule is CC[C@H]1c2cccn2CCN1C(=O)c1ccc2ncsc2c1. The Hall–Kier alpha value is -2.14. The van der Waals surface area contributed by atoms with Crippen LogP contribution in [0.4, 0.5) is 0 Å². The van der Waals surface area contributed by atoms with E-state index in [-0.39, 0.29) is 11.9 Å². The molecule has 0 radical (unpaired) electrons. The number of rotatable bonds is 2. The number of carbonyl (C=O) groups is 1. The molecule has 0 saturated carbocycles. The summed E-state index contributed by atoms with van der Waals surface area (Å²) in [6.45, 7) is 3.77. The molecule has 22 heavy (non-hydrogen) atoms. The van der Waals surface area contributed by atoms with Crippen LogP contribution in [-0.2, 0) is 6.54 Å². The monoisotopic (exact) mass is 311 g/mol. The average Bonchev–Trinajstić information content (AvgIpc) is 3.20. The van der Waals surface area contributed by atoms with E-state index in [1.165, 1.54) is 5.69 Å². The van der Waals surface area contributed by atoms with E-state index >= 15 is 0 Å². The quantitative estimate of drug-likeness (QED) is 0.723. The fourth-order valence-electron chi connectivity index (χ4n) is 3.29. The number of hydrogen-bond donors (Lipinski definition) is 0. The molecule has 3 aromatic rings. The molecule has 0 unspecified atom stereocenters. The fourth-order valence-corrected chi connectivity index (χ4v) is 4.01. The Morgan fingerprint density at radius 2 is 2.27 bits per heavy atom. The highest BCUT2D eigenvalue weighted by Crippen LogP contribution is 2.30. The van der Waals surface area contributed by atoms with Gasteiger partial charge in [-0.1, -0.05) is 6.92 Å². The molecule has 1 aliphatic rings. The van der Waals surface area contributed by atoms with Gasteiger partial charge in [0.25, 0.3) is 5.91 Å². The van der Waals surface area contributed by atoms with Crippen LogP contribution in [0.15, 0.2) is 42.0 Å². The molecule has 5 heteroatoms. The van der Waals surface area contributed by atoms with Crippen molar-refractivity contribution in [3.05, 3.63) is 53.3 Å². The van der Waals surface area contributed by atoms with Gasteiger partial charge in [0.05, 0.1) is 21.8 Å². The summed E-state index contributed by atoms with van der Waals surface area (Å²) in [6.07, 6.45) is 3.03. The van der Waals surface area contributed by atoms with Gasteiger partial charge in [0.15, 0.2) is 0 Å². The van der Waals surface area contributed by atoms with Crippen molar-refractivity contribution in [1.29, 1.82) is 0 Å². The van der Waals surface area contributed by atoms with Crippen molar-refractivity contribution < 1.29 is 4.79 Å². The predicted octanol–water partition coefficient (Wildman–Crippen LogP) is 3.70. The summed E-state index contributed by atoms with van der Waals surface area (Å²) in [4.78, 5) is 19.3. The second-order valence-electron chi connectivity index (χ2n) is 5.58. The van der Waals surface area contributed by atoms with E-state index in [9.17, 15) is 4.79 Å². The van der Waals surface area contributed by atoms with Crippen molar-refractivity contribution in [2.24, 2.45) is 0 Å². The van der Waals surface area contributed by atoms with Crippen LogP contribution in [0.1, 0.15) is 35.4 Å². The third-order valence-corrected chi connectivity index (χ3v) is 5.18. The fraction of sp³-hybridized carbons (Fsp3) is 0.294. The Balaban J connectivity index is 1.69. The smallest absolute Gasteiger partial charge is 0.254 e. The number of thiazole rings is 1. The van der Waals surface area contributed by atoms with Gasteiger partial charge in [0.2, 0.25) is 0 Å². The highest BCUT2D eigenvalue weighted by atomic mass is 32.1. The van der Waals surface area contributed by atoms with Crippen LogP contribution in [0.5, 0.6) is 0 Å². The first-order chi connectivity index (χ1) is 10.8. The summed E-state index contributed by atoms with van der Waals surface area (Å²) in [5.74, 6) is 0.120. The molecule has 0 spiro atoms. The molecule has 0 fully saturated rings. The molecule has 0 saturated heterocycles. The number of benzene rings is 1. The topological polar surface area (TPSA) is 38.1 Å². The summed E-state index contributed by atoms with van der Waals surface area (Å²) >= 11 is 1.58. The van der Waals surface area contributed by atoms with E-state index < -0.39 is 0 Å². The van der Waals surface area contributed by atoms with Crippen LogP contribution in [-0.4, -0.2) is 26.9 Å². The van der Waals surface area contributed by atoms with Gasteiger partial charge < -0.3 is 9.47 Å². The second kappa shape index (κ2) is 5.25. The van der Waals surface area contributed by atoms with E-state index in [1.807, 2.05) is 28.6 Å². The largest absolute Gasteiger partial charge is 0.348 e. The van der Waals surface area contributed by atoms with Crippen LogP contribution < -0.4 is 0 Å². The first kappa shape index (κ1) is 13.5. The maximum absolute atomic E-state index is 13.0. The molecule has 1 atom stereocenters. The van der Waals surface area contributed by atoms with E-state index in [2.05, 4.69) is 34.8 Å². The molecule has 3 heterocycles. The van der Waals surface area contributed by atoms with Gasteiger partial charge in [0, 0.05) is 30.5 Å². The number of aromatic nitrogens is 2. The lowest BCUT2D eigenvalue weighted by Gasteiger charge is -2.36. The van der Waals surface area contributed by atoms with Crippen molar-refractivity contribution in [3.63, 3.8) is 0 Å². The van der Waals surface area contributed by atoms with Crippen molar-refractivity contribution >= 4 is 27.5 Å². The first-order valence-corrected chi connectivity index (χ1v) is 8.45. The number of amides is 1. The van der Waals surface area contributed by atoms with Crippen LogP contribution in [0.2, 0.25) is 0 Å². The Morgan fingerprint density at radius 1 is 1.36 bits per heavy atom. The molecular formula is C17H17N3OS. The minimum atomic E-state index is 0.120. The molecular weight excluding hydrogens is 294 g/mol. The van der Waals surface area contributed by atoms with Crippen LogP contribution >= 0.6 is 11.3 Å². The summed E-state index contributed by atoms with van der Waals surface area (Å²) in [5, 5.41) is 0. The Labute approximate surface area is 133 Å². The minimum absolute atomic E-state index is 0.120. The van der Waals surface area contributed by atoms with Crippen LogP contribution in [0.25, 0.3) is 10.2 Å². The van der Waals surface area contributed by atoms with Gasteiger partial charge in [-0.15, -0.1) is 11.3 Å². The van der Waals surface area contributed by atoms with Crippen LogP contribution in [0.3, 0.4) is 0 Å². The van der Waals surface area contributed by atoms with E-state index in [4.69, 9.17) is 0 Å². The molecule has 0 N–H and O–H groups in total. The summed E-state index contributed by atoms with van der Waals surface area (Å²) in [7, 11) is 0. The third-order valence-electron chi connectivity index (χ3n) is 4.39. The Morgan fingerprint density at radius 3 is 3.14 bits per heavy atom. The number of nitrogens with zero attached hydrogens (tertiary/aromatic N) is 3.